The van der Waals surface area contributed by atoms with Crippen molar-refractivity contribution in [2.45, 2.75) is 25.7 Å². The maximum Gasteiger partial charge on any atom is 0.271 e. The van der Waals surface area contributed by atoms with Crippen molar-refractivity contribution in [1.29, 1.82) is 0 Å². The van der Waals surface area contributed by atoms with Crippen molar-refractivity contribution in [3.63, 3.8) is 0 Å². The van der Waals surface area contributed by atoms with E-state index in [2.05, 4.69) is 10.6 Å². The number of rotatable bonds is 4. The first-order chi connectivity index (χ1) is 9.61. The molecule has 0 heterocycles. The number of nitro benzene ring substituents is 1. The van der Waals surface area contributed by atoms with E-state index in [9.17, 15) is 14.9 Å². The Hall–Kier alpha value is -2.37. The summed E-state index contributed by atoms with van der Waals surface area (Å²) in [5.41, 5.74) is 2.10. The number of nitrogens with zero attached hydrogens (tertiary/aromatic N) is 1. The zero-order chi connectivity index (χ0) is 14.5. The van der Waals surface area contributed by atoms with E-state index in [1.54, 1.807) is 19.3 Å². The van der Waals surface area contributed by atoms with Crippen LogP contribution in [0.4, 0.5) is 17.1 Å². The Bertz CT molecular complexity index is 567. The van der Waals surface area contributed by atoms with Gasteiger partial charge in [0.2, 0.25) is 0 Å². The summed E-state index contributed by atoms with van der Waals surface area (Å²) in [6.45, 7) is 0. The molecule has 1 saturated carbocycles. The van der Waals surface area contributed by atoms with E-state index in [1.807, 2.05) is 0 Å². The van der Waals surface area contributed by atoms with Gasteiger partial charge in [0.15, 0.2) is 5.78 Å². The zero-order valence-corrected chi connectivity index (χ0v) is 11.3. The second-order valence-corrected chi connectivity index (χ2v) is 4.68. The SMILES string of the molecule is CNc1ccc([N+](=O)[O-])cc1NC=C1CCCCC1=O. The summed E-state index contributed by atoms with van der Waals surface area (Å²) in [4.78, 5) is 22.1. The van der Waals surface area contributed by atoms with E-state index in [0.29, 0.717) is 12.1 Å². The number of hydrogen-bond donors (Lipinski definition) is 2. The molecule has 20 heavy (non-hydrogen) atoms. The third-order valence-corrected chi connectivity index (χ3v) is 3.34. The summed E-state index contributed by atoms with van der Waals surface area (Å²) in [6.07, 6.45) is 4.96. The van der Waals surface area contributed by atoms with Crippen LogP contribution in [0.25, 0.3) is 0 Å². The van der Waals surface area contributed by atoms with Crippen molar-refractivity contribution in [3.05, 3.63) is 40.1 Å². The molecular weight excluding hydrogens is 258 g/mol. The van der Waals surface area contributed by atoms with E-state index in [0.717, 1.165) is 30.5 Å². The standard InChI is InChI=1S/C14H17N3O3/c1-15-12-7-6-11(17(19)20)8-13(12)16-9-10-4-2-3-5-14(10)18/h6-9,15-16H,2-5H2,1H3. The number of non-ortho nitro benzene ring substituents is 1. The highest BCUT2D eigenvalue weighted by Crippen LogP contribution is 2.27. The molecule has 106 valence electrons. The maximum atomic E-state index is 11.7. The van der Waals surface area contributed by atoms with Crippen LogP contribution < -0.4 is 10.6 Å². The van der Waals surface area contributed by atoms with Gasteiger partial charge in [0.1, 0.15) is 0 Å². The van der Waals surface area contributed by atoms with Crippen molar-refractivity contribution < 1.29 is 9.72 Å². The predicted octanol–water partition coefficient (Wildman–Crippen LogP) is 3.08. The van der Waals surface area contributed by atoms with Gasteiger partial charge >= 0.3 is 0 Å². The molecule has 0 spiro atoms. The Morgan fingerprint density at radius 1 is 1.25 bits per heavy atom. The molecule has 0 amide bonds. The van der Waals surface area contributed by atoms with Crippen molar-refractivity contribution in [1.82, 2.24) is 0 Å². The molecule has 1 aliphatic rings. The number of ketones is 1. The summed E-state index contributed by atoms with van der Waals surface area (Å²) < 4.78 is 0. The molecule has 0 radical (unpaired) electrons. The Kier molecular flexibility index (Phi) is 4.34. The molecule has 2 N–H and O–H groups in total. The molecule has 6 nitrogen and oxygen atoms in total. The van der Waals surface area contributed by atoms with Gasteiger partial charge in [0.05, 0.1) is 16.3 Å². The quantitative estimate of drug-likeness (QED) is 0.501. The molecule has 1 aromatic carbocycles. The number of nitrogens with one attached hydrogen (secondary N) is 2. The molecule has 2 rings (SSSR count). The van der Waals surface area contributed by atoms with E-state index in [-0.39, 0.29) is 11.5 Å². The van der Waals surface area contributed by atoms with Gasteiger partial charge in [-0.25, -0.2) is 0 Å². The maximum absolute atomic E-state index is 11.7. The van der Waals surface area contributed by atoms with Gasteiger partial charge in [-0.2, -0.15) is 0 Å². The van der Waals surface area contributed by atoms with Crippen LogP contribution in [0.3, 0.4) is 0 Å². The van der Waals surface area contributed by atoms with Crippen molar-refractivity contribution in [2.24, 2.45) is 0 Å². The Morgan fingerprint density at radius 2 is 2.00 bits per heavy atom. The van der Waals surface area contributed by atoms with E-state index in [4.69, 9.17) is 0 Å². The van der Waals surface area contributed by atoms with Gasteiger partial charge in [0.25, 0.3) is 5.69 Å². The molecule has 0 atom stereocenters. The van der Waals surface area contributed by atoms with Gasteiger partial charge < -0.3 is 10.6 Å². The van der Waals surface area contributed by atoms with Crippen molar-refractivity contribution in [2.75, 3.05) is 17.7 Å². The number of carbonyl (C=O) groups excluding carboxylic acids is 1. The Morgan fingerprint density at radius 3 is 2.65 bits per heavy atom. The lowest BCUT2D eigenvalue weighted by Crippen LogP contribution is -2.10. The second-order valence-electron chi connectivity index (χ2n) is 4.68. The monoisotopic (exact) mass is 275 g/mol. The highest BCUT2D eigenvalue weighted by atomic mass is 16.6. The summed E-state index contributed by atoms with van der Waals surface area (Å²) in [6, 6.07) is 4.54. The van der Waals surface area contributed by atoms with Crippen LogP contribution in [0.1, 0.15) is 25.7 Å². The number of benzene rings is 1. The van der Waals surface area contributed by atoms with Crippen LogP contribution in [0.5, 0.6) is 0 Å². The van der Waals surface area contributed by atoms with E-state index >= 15 is 0 Å². The van der Waals surface area contributed by atoms with Gasteiger partial charge in [0, 0.05) is 37.4 Å². The number of nitro groups is 1. The van der Waals surface area contributed by atoms with Crippen molar-refractivity contribution in [3.8, 4) is 0 Å². The van der Waals surface area contributed by atoms with E-state index < -0.39 is 4.92 Å². The van der Waals surface area contributed by atoms with Gasteiger partial charge in [-0.1, -0.05) is 0 Å². The fourth-order valence-electron chi connectivity index (χ4n) is 2.20. The highest BCUT2D eigenvalue weighted by molar-refractivity contribution is 5.96. The molecule has 6 heteroatoms. The predicted molar refractivity (Wildman–Crippen MR) is 77.8 cm³/mol. The lowest BCUT2D eigenvalue weighted by atomic mass is 9.94. The smallest absolute Gasteiger partial charge is 0.271 e. The number of carbonyl (C=O) groups is 1. The average molecular weight is 275 g/mol. The van der Waals surface area contributed by atoms with Gasteiger partial charge in [-0.3, -0.25) is 14.9 Å². The van der Waals surface area contributed by atoms with Crippen LogP contribution in [-0.2, 0) is 4.79 Å². The van der Waals surface area contributed by atoms with Crippen LogP contribution >= 0.6 is 0 Å². The number of anilines is 2. The van der Waals surface area contributed by atoms with Crippen LogP contribution in [-0.4, -0.2) is 17.8 Å². The van der Waals surface area contributed by atoms with Gasteiger partial charge in [-0.05, 0) is 25.3 Å². The molecule has 0 saturated heterocycles. The third kappa shape index (κ3) is 3.14. The first kappa shape index (κ1) is 14.0. The van der Waals surface area contributed by atoms with Crippen LogP contribution in [0, 0.1) is 10.1 Å². The molecule has 1 aromatic rings. The van der Waals surface area contributed by atoms with Crippen LogP contribution in [0.15, 0.2) is 30.0 Å². The molecule has 0 aromatic heterocycles. The lowest BCUT2D eigenvalue weighted by molar-refractivity contribution is -0.384. The fourth-order valence-corrected chi connectivity index (χ4v) is 2.20. The van der Waals surface area contributed by atoms with Crippen molar-refractivity contribution >= 4 is 22.8 Å². The first-order valence-electron chi connectivity index (χ1n) is 6.57. The minimum atomic E-state index is -0.441. The minimum absolute atomic E-state index is 0.0138. The fraction of sp³-hybridized carbons (Fsp3) is 0.357. The summed E-state index contributed by atoms with van der Waals surface area (Å²) in [5, 5.41) is 16.8. The minimum Gasteiger partial charge on any atom is -0.386 e. The molecule has 0 unspecified atom stereocenters. The Balaban J connectivity index is 2.23. The third-order valence-electron chi connectivity index (χ3n) is 3.34. The first-order valence-corrected chi connectivity index (χ1v) is 6.57. The lowest BCUT2D eigenvalue weighted by Gasteiger charge is -2.14. The molecular formula is C14H17N3O3. The van der Waals surface area contributed by atoms with Gasteiger partial charge in [-0.15, -0.1) is 0 Å². The number of allylic oxidation sites excluding steroid dienone is 1. The summed E-state index contributed by atoms with van der Waals surface area (Å²) >= 11 is 0. The van der Waals surface area contributed by atoms with Crippen LogP contribution in [0.2, 0.25) is 0 Å². The largest absolute Gasteiger partial charge is 0.386 e. The molecule has 0 aliphatic heterocycles. The second kappa shape index (κ2) is 6.18. The number of hydrogen-bond acceptors (Lipinski definition) is 5. The van der Waals surface area contributed by atoms with E-state index in [1.165, 1.54) is 12.1 Å². The normalized spacial score (nSPS) is 17.1. The zero-order valence-electron chi connectivity index (χ0n) is 11.3. The topological polar surface area (TPSA) is 84.3 Å². The average Bonchev–Trinajstić information content (AvgIpc) is 2.46. The molecule has 0 bridgehead atoms. The molecule has 1 aliphatic carbocycles. The molecule has 1 fully saturated rings. The highest BCUT2D eigenvalue weighted by Gasteiger charge is 2.15. The summed E-state index contributed by atoms with van der Waals surface area (Å²) in [7, 11) is 1.74. The Labute approximate surface area is 117 Å². The number of Topliss-reactive ketones (excluding diaryl/α,β-unsaturated/α-hetero) is 1. The summed E-state index contributed by atoms with van der Waals surface area (Å²) in [5.74, 6) is 0.153.